The van der Waals surface area contributed by atoms with E-state index in [9.17, 15) is 13.2 Å². The number of hydrogen-bond donors (Lipinski definition) is 0. The molecule has 0 heterocycles. The van der Waals surface area contributed by atoms with Gasteiger partial charge in [0.05, 0.1) is 5.56 Å². The Kier molecular flexibility index (Phi) is 6.46. The Hall–Kier alpha value is -2.55. The largest absolute Gasteiger partial charge is 0.417 e. The molecule has 3 aromatic carbocycles. The first-order valence-corrected chi connectivity index (χ1v) is 10.2. The molecule has 0 fully saturated rings. The Morgan fingerprint density at radius 2 is 1.45 bits per heavy atom. The van der Waals surface area contributed by atoms with Gasteiger partial charge >= 0.3 is 6.18 Å². The maximum atomic E-state index is 13.7. The predicted octanol–water partition coefficient (Wildman–Crippen LogP) is 8.51. The van der Waals surface area contributed by atoms with E-state index < -0.39 is 11.7 Å². The summed E-state index contributed by atoms with van der Waals surface area (Å²) in [6.45, 7) is 6.25. The van der Waals surface area contributed by atoms with Crippen molar-refractivity contribution in [3.8, 4) is 22.3 Å². The third-order valence-electron chi connectivity index (χ3n) is 5.26. The zero-order valence-electron chi connectivity index (χ0n) is 17.2. The van der Waals surface area contributed by atoms with Gasteiger partial charge in [-0.25, -0.2) is 0 Å². The fraction of sp³-hybridized carbons (Fsp3) is 0.308. The summed E-state index contributed by atoms with van der Waals surface area (Å²) in [6.07, 6.45) is -1.12. The first kappa shape index (κ1) is 21.2. The Balaban J connectivity index is 2.20. The molecule has 0 saturated heterocycles. The summed E-state index contributed by atoms with van der Waals surface area (Å²) < 4.78 is 41.0. The Morgan fingerprint density at radius 3 is 2.14 bits per heavy atom. The minimum absolute atomic E-state index is 0.0850. The molecule has 0 bridgehead atoms. The van der Waals surface area contributed by atoms with Crippen LogP contribution in [0.2, 0.25) is 0 Å². The van der Waals surface area contributed by atoms with Gasteiger partial charge in [0.1, 0.15) is 0 Å². The molecule has 0 nitrogen and oxygen atoms in total. The van der Waals surface area contributed by atoms with Crippen LogP contribution in [0.3, 0.4) is 0 Å². The summed E-state index contributed by atoms with van der Waals surface area (Å²) >= 11 is 0. The van der Waals surface area contributed by atoms with Crippen LogP contribution < -0.4 is 0 Å². The topological polar surface area (TPSA) is 0 Å². The van der Waals surface area contributed by atoms with Gasteiger partial charge in [-0.05, 0) is 58.2 Å². The molecule has 0 N–H and O–H groups in total. The van der Waals surface area contributed by atoms with Crippen molar-refractivity contribution in [3.63, 3.8) is 0 Å². The number of benzene rings is 3. The number of halogens is 3. The SMILES string of the molecule is CCCCc1cccc(-c2cccc(-c3ccccc3C(F)(F)F)c2C(C)C)c1. The number of alkyl halides is 3. The smallest absolute Gasteiger partial charge is 0.166 e. The standard InChI is InChI=1S/C26H27F3/c1-4-5-10-19-11-8-12-20(17-19)21-14-9-15-23(25(21)18(2)3)22-13-6-7-16-24(22)26(27,28)29/h6-9,11-18H,4-5,10H2,1-3H3. The molecule has 0 spiro atoms. The van der Waals surface area contributed by atoms with Crippen LogP contribution >= 0.6 is 0 Å². The van der Waals surface area contributed by atoms with E-state index in [0.29, 0.717) is 5.56 Å². The lowest BCUT2D eigenvalue weighted by Gasteiger charge is -2.21. The van der Waals surface area contributed by atoms with Crippen LogP contribution in [0.4, 0.5) is 13.2 Å². The Morgan fingerprint density at radius 1 is 0.793 bits per heavy atom. The monoisotopic (exact) mass is 396 g/mol. The van der Waals surface area contributed by atoms with E-state index in [4.69, 9.17) is 0 Å². The lowest BCUT2D eigenvalue weighted by molar-refractivity contribution is -0.137. The highest BCUT2D eigenvalue weighted by atomic mass is 19.4. The lowest BCUT2D eigenvalue weighted by Crippen LogP contribution is -2.08. The van der Waals surface area contributed by atoms with Gasteiger partial charge in [0, 0.05) is 0 Å². The van der Waals surface area contributed by atoms with Gasteiger partial charge in [0.25, 0.3) is 0 Å². The van der Waals surface area contributed by atoms with Crippen molar-refractivity contribution in [3.05, 3.63) is 83.4 Å². The molecule has 3 aromatic rings. The van der Waals surface area contributed by atoms with Gasteiger partial charge in [-0.2, -0.15) is 13.2 Å². The summed E-state index contributed by atoms with van der Waals surface area (Å²) in [5.74, 6) is 0.0850. The molecule has 29 heavy (non-hydrogen) atoms. The molecule has 0 aliphatic rings. The minimum atomic E-state index is -4.39. The average molecular weight is 396 g/mol. The van der Waals surface area contributed by atoms with Gasteiger partial charge in [0.15, 0.2) is 0 Å². The second-order valence-corrected chi connectivity index (χ2v) is 7.77. The van der Waals surface area contributed by atoms with E-state index >= 15 is 0 Å². The van der Waals surface area contributed by atoms with Crippen LogP contribution in [0.5, 0.6) is 0 Å². The Bertz CT molecular complexity index is 968. The molecule has 0 aliphatic heterocycles. The summed E-state index contributed by atoms with van der Waals surface area (Å²) in [4.78, 5) is 0. The lowest BCUT2D eigenvalue weighted by atomic mass is 9.84. The van der Waals surface area contributed by atoms with Crippen molar-refractivity contribution in [2.75, 3.05) is 0 Å². The first-order valence-electron chi connectivity index (χ1n) is 10.2. The fourth-order valence-corrected chi connectivity index (χ4v) is 3.91. The van der Waals surface area contributed by atoms with Crippen LogP contribution in [0.1, 0.15) is 56.2 Å². The molecular weight excluding hydrogens is 369 g/mol. The van der Waals surface area contributed by atoms with E-state index in [1.165, 1.54) is 11.6 Å². The second kappa shape index (κ2) is 8.86. The van der Waals surface area contributed by atoms with E-state index in [2.05, 4.69) is 25.1 Å². The third-order valence-corrected chi connectivity index (χ3v) is 5.26. The van der Waals surface area contributed by atoms with E-state index in [-0.39, 0.29) is 11.5 Å². The predicted molar refractivity (Wildman–Crippen MR) is 115 cm³/mol. The first-order chi connectivity index (χ1) is 13.8. The second-order valence-electron chi connectivity index (χ2n) is 7.77. The number of aryl methyl sites for hydroxylation is 1. The maximum absolute atomic E-state index is 13.7. The summed E-state index contributed by atoms with van der Waals surface area (Å²) in [5, 5.41) is 0. The highest BCUT2D eigenvalue weighted by molar-refractivity contribution is 5.81. The molecule has 0 aliphatic carbocycles. The van der Waals surface area contributed by atoms with Crippen LogP contribution in [0.15, 0.2) is 66.7 Å². The Labute approximate surface area is 171 Å². The number of rotatable bonds is 6. The molecule has 0 amide bonds. The molecule has 0 atom stereocenters. The molecule has 0 unspecified atom stereocenters. The highest BCUT2D eigenvalue weighted by Crippen LogP contribution is 2.42. The molecule has 3 rings (SSSR count). The zero-order valence-corrected chi connectivity index (χ0v) is 17.2. The third kappa shape index (κ3) is 4.72. The van der Waals surface area contributed by atoms with Crippen molar-refractivity contribution in [1.29, 1.82) is 0 Å². The van der Waals surface area contributed by atoms with Crippen molar-refractivity contribution in [1.82, 2.24) is 0 Å². The van der Waals surface area contributed by atoms with Crippen LogP contribution in [-0.4, -0.2) is 0 Å². The van der Waals surface area contributed by atoms with E-state index in [0.717, 1.165) is 42.0 Å². The molecule has 0 aromatic heterocycles. The number of hydrogen-bond acceptors (Lipinski definition) is 0. The molecule has 152 valence electrons. The minimum Gasteiger partial charge on any atom is -0.166 e. The van der Waals surface area contributed by atoms with Gasteiger partial charge < -0.3 is 0 Å². The van der Waals surface area contributed by atoms with Crippen LogP contribution in [-0.2, 0) is 12.6 Å². The van der Waals surface area contributed by atoms with Crippen LogP contribution in [0, 0.1) is 0 Å². The highest BCUT2D eigenvalue weighted by Gasteiger charge is 2.34. The molecular formula is C26H27F3. The normalized spacial score (nSPS) is 11.8. The van der Waals surface area contributed by atoms with Gasteiger partial charge in [-0.1, -0.05) is 87.9 Å². The van der Waals surface area contributed by atoms with Crippen molar-refractivity contribution in [2.24, 2.45) is 0 Å². The fourth-order valence-electron chi connectivity index (χ4n) is 3.91. The van der Waals surface area contributed by atoms with Crippen molar-refractivity contribution < 1.29 is 13.2 Å². The zero-order chi connectivity index (χ0) is 21.0. The van der Waals surface area contributed by atoms with E-state index in [1.807, 2.05) is 38.1 Å². The number of unbranched alkanes of at least 4 members (excludes halogenated alkanes) is 1. The van der Waals surface area contributed by atoms with Crippen LogP contribution in [0.25, 0.3) is 22.3 Å². The van der Waals surface area contributed by atoms with Crippen molar-refractivity contribution >= 4 is 0 Å². The quantitative estimate of drug-likeness (QED) is 0.392. The van der Waals surface area contributed by atoms with Gasteiger partial charge in [0.2, 0.25) is 0 Å². The van der Waals surface area contributed by atoms with Gasteiger partial charge in [-0.3, -0.25) is 0 Å². The van der Waals surface area contributed by atoms with Crippen molar-refractivity contribution in [2.45, 2.75) is 52.1 Å². The maximum Gasteiger partial charge on any atom is 0.417 e. The molecule has 0 saturated carbocycles. The molecule has 3 heteroatoms. The summed E-state index contributed by atoms with van der Waals surface area (Å²) in [6, 6.07) is 19.9. The summed E-state index contributed by atoms with van der Waals surface area (Å²) in [7, 11) is 0. The molecule has 0 radical (unpaired) electrons. The summed E-state index contributed by atoms with van der Waals surface area (Å²) in [5.41, 5.74) is 4.60. The average Bonchev–Trinajstić information content (AvgIpc) is 2.71. The van der Waals surface area contributed by atoms with E-state index in [1.54, 1.807) is 12.1 Å². The van der Waals surface area contributed by atoms with Gasteiger partial charge in [-0.15, -0.1) is 0 Å².